The average Bonchev–Trinajstić information content (AvgIpc) is 3.35. The van der Waals surface area contributed by atoms with Crippen molar-refractivity contribution in [2.45, 2.75) is 31.1 Å². The van der Waals surface area contributed by atoms with Gasteiger partial charge in [-0.1, -0.05) is 24.3 Å². The van der Waals surface area contributed by atoms with Crippen LogP contribution in [0, 0.1) is 17.8 Å². The molecule has 1 aromatic carbocycles. The number of aryl methyl sites for hydroxylation is 1. The summed E-state index contributed by atoms with van der Waals surface area (Å²) in [6.45, 7) is 0.690. The summed E-state index contributed by atoms with van der Waals surface area (Å²) in [6, 6.07) is 8.63. The lowest BCUT2D eigenvalue weighted by atomic mass is 9.95. The summed E-state index contributed by atoms with van der Waals surface area (Å²) in [5, 5.41) is 11.8. The molecule has 1 aromatic rings. The second-order valence-electron chi connectivity index (χ2n) is 6.75. The van der Waals surface area contributed by atoms with Crippen LogP contribution < -0.4 is 5.32 Å². The van der Waals surface area contributed by atoms with E-state index in [0.717, 1.165) is 12.8 Å². The summed E-state index contributed by atoms with van der Waals surface area (Å²) in [4.78, 5) is 22.7. The van der Waals surface area contributed by atoms with E-state index >= 15 is 0 Å². The highest BCUT2D eigenvalue weighted by Gasteiger charge is 2.58. The molecule has 4 atom stereocenters. The van der Waals surface area contributed by atoms with Crippen molar-refractivity contribution in [2.75, 3.05) is 6.54 Å². The molecule has 3 aliphatic carbocycles. The normalized spacial score (nSPS) is 35.3. The topological polar surface area (TPSA) is 66.4 Å². The first-order valence-corrected chi connectivity index (χ1v) is 7.71. The second kappa shape index (κ2) is 4.33. The Kier molecular flexibility index (Phi) is 2.65. The lowest BCUT2D eigenvalue weighted by Crippen LogP contribution is -2.29. The highest BCUT2D eigenvalue weighted by Crippen LogP contribution is 2.61. The van der Waals surface area contributed by atoms with E-state index in [-0.39, 0.29) is 11.8 Å². The molecule has 21 heavy (non-hydrogen) atoms. The molecular formula is C17H19NO3. The van der Waals surface area contributed by atoms with E-state index in [9.17, 15) is 9.59 Å². The zero-order valence-electron chi connectivity index (χ0n) is 11.8. The Hall–Kier alpha value is -1.84. The van der Waals surface area contributed by atoms with E-state index in [4.69, 9.17) is 5.11 Å². The lowest BCUT2D eigenvalue weighted by molar-refractivity contribution is -0.140. The summed E-state index contributed by atoms with van der Waals surface area (Å²) in [6.07, 6.45) is 3.98. The van der Waals surface area contributed by atoms with Crippen molar-refractivity contribution in [1.29, 1.82) is 0 Å². The fourth-order valence-electron chi connectivity index (χ4n) is 4.11. The van der Waals surface area contributed by atoms with Gasteiger partial charge in [0.15, 0.2) is 0 Å². The molecule has 0 bridgehead atoms. The van der Waals surface area contributed by atoms with Crippen molar-refractivity contribution in [2.24, 2.45) is 17.8 Å². The Labute approximate surface area is 123 Å². The molecule has 0 unspecified atom stereocenters. The molecule has 4 heteroatoms. The van der Waals surface area contributed by atoms with Crippen LogP contribution in [0.3, 0.4) is 0 Å². The number of carbonyl (C=O) groups excluding carboxylic acids is 1. The van der Waals surface area contributed by atoms with Gasteiger partial charge in [0.1, 0.15) is 0 Å². The summed E-state index contributed by atoms with van der Waals surface area (Å²) in [5.74, 6) is -1.15. The molecule has 2 saturated carbocycles. The summed E-state index contributed by atoms with van der Waals surface area (Å²) >= 11 is 0. The molecule has 110 valence electrons. The molecule has 1 amide bonds. The molecule has 4 rings (SSSR count). The lowest BCUT2D eigenvalue weighted by Gasteiger charge is -2.12. The van der Waals surface area contributed by atoms with E-state index in [1.807, 2.05) is 0 Å². The first-order chi connectivity index (χ1) is 10.1. The number of carboxylic acids is 1. The Bertz CT molecular complexity index is 626. The monoisotopic (exact) mass is 285 g/mol. The van der Waals surface area contributed by atoms with Gasteiger partial charge in [-0.25, -0.2) is 0 Å². The zero-order valence-corrected chi connectivity index (χ0v) is 11.8. The van der Waals surface area contributed by atoms with Crippen molar-refractivity contribution < 1.29 is 14.7 Å². The molecule has 1 spiro atoms. The highest BCUT2D eigenvalue weighted by atomic mass is 16.4. The molecule has 0 aliphatic heterocycles. The van der Waals surface area contributed by atoms with Crippen molar-refractivity contribution >= 4 is 11.9 Å². The van der Waals surface area contributed by atoms with Gasteiger partial charge in [0, 0.05) is 12.0 Å². The first-order valence-electron chi connectivity index (χ1n) is 7.71. The van der Waals surface area contributed by atoms with Gasteiger partial charge in [0.05, 0.1) is 11.8 Å². The summed E-state index contributed by atoms with van der Waals surface area (Å²) in [7, 11) is 0. The molecule has 2 N–H and O–H groups in total. The van der Waals surface area contributed by atoms with Crippen LogP contribution in [0.15, 0.2) is 24.3 Å². The maximum absolute atomic E-state index is 11.9. The van der Waals surface area contributed by atoms with Crippen LogP contribution in [0.5, 0.6) is 0 Å². The van der Waals surface area contributed by atoms with Gasteiger partial charge in [-0.2, -0.15) is 0 Å². The van der Waals surface area contributed by atoms with Crippen LogP contribution >= 0.6 is 0 Å². The second-order valence-corrected chi connectivity index (χ2v) is 6.75. The van der Waals surface area contributed by atoms with E-state index in [0.29, 0.717) is 24.3 Å². The van der Waals surface area contributed by atoms with Crippen LogP contribution in [0.1, 0.15) is 30.4 Å². The van der Waals surface area contributed by atoms with E-state index < -0.39 is 11.9 Å². The Morgan fingerprint density at radius 2 is 2.10 bits per heavy atom. The minimum Gasteiger partial charge on any atom is -0.481 e. The van der Waals surface area contributed by atoms with Gasteiger partial charge < -0.3 is 10.4 Å². The number of nitrogens with one attached hydrogen (secondary N) is 1. The number of rotatable bonds is 4. The van der Waals surface area contributed by atoms with Crippen LogP contribution in [-0.2, 0) is 21.4 Å². The largest absolute Gasteiger partial charge is 0.481 e. The minimum absolute atomic E-state index is 0.0734. The summed E-state index contributed by atoms with van der Waals surface area (Å²) in [5.41, 5.74) is 3.22. The van der Waals surface area contributed by atoms with Crippen LogP contribution in [0.4, 0.5) is 0 Å². The summed E-state index contributed by atoms with van der Waals surface area (Å²) < 4.78 is 0. The predicted molar refractivity (Wildman–Crippen MR) is 76.8 cm³/mol. The first kappa shape index (κ1) is 12.9. The van der Waals surface area contributed by atoms with Crippen molar-refractivity contribution in [1.82, 2.24) is 5.32 Å². The Morgan fingerprint density at radius 1 is 1.29 bits per heavy atom. The molecule has 0 heterocycles. The van der Waals surface area contributed by atoms with Gasteiger partial charge in [-0.3, -0.25) is 9.59 Å². The molecule has 0 aromatic heterocycles. The molecule has 0 radical (unpaired) electrons. The molecule has 4 nitrogen and oxygen atoms in total. The number of amides is 1. The van der Waals surface area contributed by atoms with Crippen LogP contribution in [-0.4, -0.2) is 23.5 Å². The fraction of sp³-hybridized carbons (Fsp3) is 0.529. The van der Waals surface area contributed by atoms with Gasteiger partial charge in [-0.15, -0.1) is 0 Å². The number of benzene rings is 1. The average molecular weight is 285 g/mol. The third-order valence-corrected chi connectivity index (χ3v) is 5.59. The van der Waals surface area contributed by atoms with Crippen LogP contribution in [0.2, 0.25) is 0 Å². The third kappa shape index (κ3) is 1.96. The number of aliphatic carboxylic acids is 1. The van der Waals surface area contributed by atoms with E-state index in [1.54, 1.807) is 0 Å². The number of hydrogen-bond acceptors (Lipinski definition) is 2. The van der Waals surface area contributed by atoms with E-state index in [2.05, 4.69) is 29.6 Å². The van der Waals surface area contributed by atoms with Gasteiger partial charge >= 0.3 is 5.97 Å². The number of fused-ring (bicyclic) bond motifs is 2. The van der Waals surface area contributed by atoms with Gasteiger partial charge in [0.2, 0.25) is 5.91 Å². The van der Waals surface area contributed by atoms with Crippen molar-refractivity contribution in [3.05, 3.63) is 35.4 Å². The van der Waals surface area contributed by atoms with Gasteiger partial charge in [0.25, 0.3) is 0 Å². The minimum atomic E-state index is -0.845. The maximum atomic E-state index is 11.9. The molecule has 3 aliphatic rings. The quantitative estimate of drug-likeness (QED) is 0.885. The number of carbonyl (C=O) groups is 2. The highest BCUT2D eigenvalue weighted by molar-refractivity contribution is 5.89. The number of hydrogen-bond donors (Lipinski definition) is 2. The van der Waals surface area contributed by atoms with Gasteiger partial charge in [-0.05, 0) is 42.7 Å². The fourth-order valence-corrected chi connectivity index (χ4v) is 4.11. The smallest absolute Gasteiger partial charge is 0.307 e. The molecule has 2 fully saturated rings. The third-order valence-electron chi connectivity index (χ3n) is 5.59. The van der Waals surface area contributed by atoms with Crippen LogP contribution in [0.25, 0.3) is 0 Å². The maximum Gasteiger partial charge on any atom is 0.307 e. The van der Waals surface area contributed by atoms with Crippen molar-refractivity contribution in [3.63, 3.8) is 0 Å². The van der Waals surface area contributed by atoms with E-state index in [1.165, 1.54) is 17.5 Å². The molecular weight excluding hydrogens is 266 g/mol. The number of carboxylic acid groups (broad SMARTS) is 1. The van der Waals surface area contributed by atoms with Crippen molar-refractivity contribution in [3.8, 4) is 0 Å². The Morgan fingerprint density at radius 3 is 2.86 bits per heavy atom. The SMILES string of the molecule is O=C(NC[C@@H]1C[C@]12CCc1ccccc12)[C@H]1C[C@H]1C(=O)O. The Balaban J connectivity index is 1.35. The molecule has 0 saturated heterocycles. The zero-order chi connectivity index (χ0) is 14.6. The standard InChI is InChI=1S/C17H19NO3/c19-15(12-7-13(12)16(20)21)18-9-11-8-17(11)6-5-10-3-1-2-4-14(10)17/h1-4,11-13H,5-9H2,(H,18,19)(H,20,21)/t11-,12-,13+,17+/m0/s1. The predicted octanol–water partition coefficient (Wildman–Crippen LogP) is 1.73.